The Labute approximate surface area is 151 Å². The number of benzene rings is 1. The van der Waals surface area contributed by atoms with Crippen molar-refractivity contribution >= 4 is 22.9 Å². The Hall–Kier alpha value is -2.88. The first-order valence-corrected chi connectivity index (χ1v) is 8.06. The van der Waals surface area contributed by atoms with Gasteiger partial charge in [0.25, 0.3) is 5.72 Å². The standard InChI is InChI=1S/C17H16F3N3O4/c1-2-27-14(24)12-13(22-15(25)23-16(12,26)17(18,19)20)10-5-6-11-9(8-10)4-3-7-21-11/h3-8,12-13,26H,2H2,1H3,(H2,22,23,25). The number of nitrogens with zero attached hydrogens (tertiary/aromatic N) is 1. The van der Waals surface area contributed by atoms with Crippen LogP contribution >= 0.6 is 0 Å². The van der Waals surface area contributed by atoms with E-state index in [1.54, 1.807) is 24.4 Å². The number of amides is 2. The van der Waals surface area contributed by atoms with Crippen molar-refractivity contribution < 1.29 is 32.6 Å². The van der Waals surface area contributed by atoms with Gasteiger partial charge in [-0.2, -0.15) is 13.2 Å². The van der Waals surface area contributed by atoms with Gasteiger partial charge in [-0.1, -0.05) is 12.1 Å². The average Bonchev–Trinajstić information content (AvgIpc) is 2.59. The molecule has 0 bridgehead atoms. The van der Waals surface area contributed by atoms with E-state index in [1.807, 2.05) is 0 Å². The van der Waals surface area contributed by atoms with Gasteiger partial charge in [-0.3, -0.25) is 9.78 Å². The van der Waals surface area contributed by atoms with E-state index in [9.17, 15) is 27.9 Å². The number of carbonyl (C=O) groups is 2. The van der Waals surface area contributed by atoms with Crippen molar-refractivity contribution in [1.29, 1.82) is 0 Å². The zero-order chi connectivity index (χ0) is 19.8. The van der Waals surface area contributed by atoms with E-state index >= 15 is 0 Å². The van der Waals surface area contributed by atoms with Crippen LogP contribution in [0.15, 0.2) is 36.5 Å². The van der Waals surface area contributed by atoms with Gasteiger partial charge in [0.15, 0.2) is 0 Å². The number of rotatable bonds is 3. The van der Waals surface area contributed by atoms with Crippen LogP contribution < -0.4 is 10.6 Å². The first kappa shape index (κ1) is 18.9. The summed E-state index contributed by atoms with van der Waals surface area (Å²) in [6.07, 6.45) is -3.75. The minimum Gasteiger partial charge on any atom is -0.466 e. The first-order chi connectivity index (χ1) is 12.7. The Balaban J connectivity index is 2.13. The van der Waals surface area contributed by atoms with Crippen LogP contribution in [0.25, 0.3) is 10.9 Å². The van der Waals surface area contributed by atoms with Crippen LogP contribution in [0.5, 0.6) is 0 Å². The second-order valence-electron chi connectivity index (χ2n) is 6.03. The number of alkyl halides is 3. The van der Waals surface area contributed by atoms with E-state index in [0.717, 1.165) is 0 Å². The van der Waals surface area contributed by atoms with Crippen molar-refractivity contribution in [3.05, 3.63) is 42.1 Å². The molecule has 144 valence electrons. The topological polar surface area (TPSA) is 101 Å². The summed E-state index contributed by atoms with van der Waals surface area (Å²) >= 11 is 0. The van der Waals surface area contributed by atoms with Gasteiger partial charge in [-0.15, -0.1) is 0 Å². The van der Waals surface area contributed by atoms with Crippen molar-refractivity contribution in [3.8, 4) is 0 Å². The summed E-state index contributed by atoms with van der Waals surface area (Å²) in [4.78, 5) is 28.3. The Bertz CT molecular complexity index is 889. The zero-order valence-electron chi connectivity index (χ0n) is 14.1. The highest BCUT2D eigenvalue weighted by molar-refractivity contribution is 5.84. The van der Waals surface area contributed by atoms with E-state index in [0.29, 0.717) is 10.9 Å². The third-order valence-corrected chi connectivity index (χ3v) is 4.33. The summed E-state index contributed by atoms with van der Waals surface area (Å²) in [5, 5.41) is 14.6. The van der Waals surface area contributed by atoms with Crippen molar-refractivity contribution in [3.63, 3.8) is 0 Å². The quantitative estimate of drug-likeness (QED) is 0.704. The van der Waals surface area contributed by atoms with E-state index in [2.05, 4.69) is 10.3 Å². The molecule has 3 rings (SSSR count). The number of ether oxygens (including phenoxy) is 1. The van der Waals surface area contributed by atoms with Crippen LogP contribution in [0.1, 0.15) is 18.5 Å². The second-order valence-corrected chi connectivity index (χ2v) is 6.03. The Morgan fingerprint density at radius 2 is 2.11 bits per heavy atom. The molecule has 1 aromatic heterocycles. The van der Waals surface area contributed by atoms with Crippen LogP contribution in [0.4, 0.5) is 18.0 Å². The van der Waals surface area contributed by atoms with Gasteiger partial charge in [0, 0.05) is 11.6 Å². The lowest BCUT2D eigenvalue weighted by Crippen LogP contribution is -2.73. The van der Waals surface area contributed by atoms with Crippen LogP contribution in [-0.2, 0) is 9.53 Å². The maximum absolute atomic E-state index is 13.6. The van der Waals surface area contributed by atoms with Crippen LogP contribution in [-0.4, -0.2) is 40.6 Å². The molecule has 1 fully saturated rings. The lowest BCUT2D eigenvalue weighted by molar-refractivity contribution is -0.294. The first-order valence-electron chi connectivity index (χ1n) is 8.06. The van der Waals surface area contributed by atoms with Gasteiger partial charge >= 0.3 is 18.2 Å². The number of esters is 1. The number of aromatic nitrogens is 1. The molecule has 27 heavy (non-hydrogen) atoms. The SMILES string of the molecule is CCOC(=O)C1C(c2ccc3ncccc3c2)NC(=O)NC1(O)C(F)(F)F. The summed E-state index contributed by atoms with van der Waals surface area (Å²) in [5.74, 6) is -3.44. The van der Waals surface area contributed by atoms with Crippen molar-refractivity contribution in [1.82, 2.24) is 15.6 Å². The molecule has 1 aromatic carbocycles. The fourth-order valence-corrected chi connectivity index (χ4v) is 3.10. The minimum atomic E-state index is -5.31. The molecule has 7 nitrogen and oxygen atoms in total. The molecule has 2 aromatic rings. The summed E-state index contributed by atoms with van der Waals surface area (Å²) in [5.41, 5.74) is -3.00. The van der Waals surface area contributed by atoms with E-state index < -0.39 is 35.9 Å². The van der Waals surface area contributed by atoms with Gasteiger partial charge in [0.05, 0.1) is 18.2 Å². The minimum absolute atomic E-state index is 0.189. The molecule has 1 saturated heterocycles. The maximum atomic E-state index is 13.6. The fourth-order valence-electron chi connectivity index (χ4n) is 3.10. The molecule has 3 unspecified atom stereocenters. The monoisotopic (exact) mass is 383 g/mol. The van der Waals surface area contributed by atoms with Crippen LogP contribution in [0.2, 0.25) is 0 Å². The molecule has 0 aliphatic carbocycles. The van der Waals surface area contributed by atoms with Crippen LogP contribution in [0, 0.1) is 5.92 Å². The number of urea groups is 1. The molecule has 2 amide bonds. The van der Waals surface area contributed by atoms with Gasteiger partial charge in [0.1, 0.15) is 5.92 Å². The fraction of sp³-hybridized carbons (Fsp3) is 0.353. The molecular weight excluding hydrogens is 367 g/mol. The van der Waals surface area contributed by atoms with Crippen LogP contribution in [0.3, 0.4) is 0 Å². The van der Waals surface area contributed by atoms with E-state index in [1.165, 1.54) is 24.4 Å². The number of hydrogen-bond acceptors (Lipinski definition) is 5. The van der Waals surface area contributed by atoms with Gasteiger partial charge in [0.2, 0.25) is 0 Å². The van der Waals surface area contributed by atoms with Gasteiger partial charge in [-0.05, 0) is 30.7 Å². The third kappa shape index (κ3) is 3.27. The zero-order valence-corrected chi connectivity index (χ0v) is 14.1. The number of aliphatic hydroxyl groups is 1. The second kappa shape index (κ2) is 6.69. The highest BCUT2D eigenvalue weighted by atomic mass is 19.4. The van der Waals surface area contributed by atoms with Gasteiger partial charge < -0.3 is 20.5 Å². The molecule has 0 radical (unpaired) electrons. The Kier molecular flexibility index (Phi) is 4.68. The summed E-state index contributed by atoms with van der Waals surface area (Å²) in [6.45, 7) is 1.24. The molecule has 10 heteroatoms. The normalized spacial score (nSPS) is 25.6. The number of fused-ring (bicyclic) bond motifs is 1. The predicted molar refractivity (Wildman–Crippen MR) is 87.3 cm³/mol. The molecule has 1 aliphatic heterocycles. The number of pyridine rings is 1. The van der Waals surface area contributed by atoms with Crippen molar-refractivity contribution in [2.24, 2.45) is 5.92 Å². The van der Waals surface area contributed by atoms with Gasteiger partial charge in [-0.25, -0.2) is 4.79 Å². The molecule has 2 heterocycles. The Morgan fingerprint density at radius 1 is 1.37 bits per heavy atom. The smallest absolute Gasteiger partial charge is 0.437 e. The average molecular weight is 383 g/mol. The lowest BCUT2D eigenvalue weighted by atomic mass is 9.81. The van der Waals surface area contributed by atoms with Crippen molar-refractivity contribution in [2.45, 2.75) is 24.9 Å². The number of halogens is 3. The molecule has 3 N–H and O–H groups in total. The molecule has 0 spiro atoms. The maximum Gasteiger partial charge on any atom is 0.437 e. The van der Waals surface area contributed by atoms with E-state index in [4.69, 9.17) is 4.74 Å². The predicted octanol–water partition coefficient (Wildman–Crippen LogP) is 2.02. The molecular formula is C17H16F3N3O4. The highest BCUT2D eigenvalue weighted by Gasteiger charge is 2.67. The molecule has 0 saturated carbocycles. The number of hydrogen-bond donors (Lipinski definition) is 3. The summed E-state index contributed by atoms with van der Waals surface area (Å²) in [6, 6.07) is 5.09. The molecule has 3 atom stereocenters. The third-order valence-electron chi connectivity index (χ3n) is 4.33. The lowest BCUT2D eigenvalue weighted by Gasteiger charge is -2.44. The van der Waals surface area contributed by atoms with Crippen molar-refractivity contribution in [2.75, 3.05) is 6.61 Å². The number of nitrogens with one attached hydrogen (secondary N) is 2. The molecule has 1 aliphatic rings. The summed E-state index contributed by atoms with van der Waals surface area (Å²) in [7, 11) is 0. The van der Waals surface area contributed by atoms with E-state index in [-0.39, 0.29) is 12.2 Å². The number of carbonyl (C=O) groups excluding carboxylic acids is 2. The summed E-state index contributed by atoms with van der Waals surface area (Å²) < 4.78 is 45.5. The largest absolute Gasteiger partial charge is 0.466 e. The Morgan fingerprint density at radius 3 is 2.78 bits per heavy atom. The highest BCUT2D eigenvalue weighted by Crippen LogP contribution is 2.43.